The zero-order valence-corrected chi connectivity index (χ0v) is 14.1. The number of anilines is 2. The molecule has 0 fully saturated rings. The van der Waals surface area contributed by atoms with E-state index in [9.17, 15) is 9.59 Å². The summed E-state index contributed by atoms with van der Waals surface area (Å²) in [5.74, 6) is -0.761. The number of hydrogen-bond acceptors (Lipinski definition) is 3. The van der Waals surface area contributed by atoms with Gasteiger partial charge in [0.05, 0.1) is 11.2 Å². The van der Waals surface area contributed by atoms with Crippen molar-refractivity contribution in [3.8, 4) is 0 Å². The first-order chi connectivity index (χ1) is 12.0. The molecule has 0 saturated carbocycles. The number of pyridine rings is 1. The second-order valence-corrected chi connectivity index (χ2v) is 6.28. The highest BCUT2D eigenvalue weighted by Gasteiger charge is 2.36. The summed E-state index contributed by atoms with van der Waals surface area (Å²) in [6.07, 6.45) is 1.67. The molecule has 0 radical (unpaired) electrons. The highest BCUT2D eigenvalue weighted by Crippen LogP contribution is 2.25. The summed E-state index contributed by atoms with van der Waals surface area (Å²) >= 11 is 0. The summed E-state index contributed by atoms with van der Waals surface area (Å²) in [5.41, 5.74) is 0.689. The number of para-hydroxylation sites is 2. The Labute approximate surface area is 146 Å². The van der Waals surface area contributed by atoms with Gasteiger partial charge < -0.3 is 10.6 Å². The van der Waals surface area contributed by atoms with Crippen molar-refractivity contribution in [1.29, 1.82) is 0 Å². The molecule has 2 aromatic carbocycles. The van der Waals surface area contributed by atoms with Crippen molar-refractivity contribution in [3.63, 3.8) is 0 Å². The fraction of sp³-hybridized carbons (Fsp3) is 0.150. The number of carbonyl (C=O) groups excluding carboxylic acids is 2. The molecule has 1 heterocycles. The van der Waals surface area contributed by atoms with E-state index in [0.717, 1.165) is 5.39 Å². The molecule has 126 valence electrons. The molecule has 0 unspecified atom stereocenters. The maximum atomic E-state index is 12.7. The average Bonchev–Trinajstić information content (AvgIpc) is 2.62. The number of nitrogens with zero attached hydrogens (tertiary/aromatic N) is 1. The van der Waals surface area contributed by atoms with E-state index in [-0.39, 0.29) is 11.8 Å². The lowest BCUT2D eigenvalue weighted by molar-refractivity contribution is -0.135. The average molecular weight is 333 g/mol. The van der Waals surface area contributed by atoms with Crippen molar-refractivity contribution in [3.05, 3.63) is 66.9 Å². The van der Waals surface area contributed by atoms with Gasteiger partial charge in [0.2, 0.25) is 11.8 Å². The van der Waals surface area contributed by atoms with Gasteiger partial charge in [0.15, 0.2) is 0 Å². The van der Waals surface area contributed by atoms with Crippen LogP contribution in [0.2, 0.25) is 0 Å². The number of benzene rings is 2. The third-order valence-electron chi connectivity index (χ3n) is 4.05. The highest BCUT2D eigenvalue weighted by atomic mass is 16.2. The largest absolute Gasteiger partial charge is 0.325 e. The van der Waals surface area contributed by atoms with Crippen molar-refractivity contribution in [1.82, 2.24) is 4.98 Å². The number of carbonyl (C=O) groups is 2. The van der Waals surface area contributed by atoms with Crippen LogP contribution in [0, 0.1) is 5.41 Å². The Bertz CT molecular complexity index is 915. The Kier molecular flexibility index (Phi) is 4.48. The summed E-state index contributed by atoms with van der Waals surface area (Å²) in [5, 5.41) is 6.52. The van der Waals surface area contributed by atoms with Crippen LogP contribution in [0.4, 0.5) is 11.4 Å². The summed E-state index contributed by atoms with van der Waals surface area (Å²) in [6.45, 7) is 3.19. The second-order valence-electron chi connectivity index (χ2n) is 6.28. The summed E-state index contributed by atoms with van der Waals surface area (Å²) in [7, 11) is 0. The minimum atomic E-state index is -1.24. The standard InChI is InChI=1S/C20H19N3O2/c1-20(2,18(24)22-15-10-4-3-5-11-15)19(25)23-16-12-6-8-14-9-7-13-21-17(14)16/h3-13H,1-2H3,(H,22,24)(H,23,25). The molecule has 0 bridgehead atoms. The van der Waals surface area contributed by atoms with E-state index < -0.39 is 5.41 Å². The van der Waals surface area contributed by atoms with Crippen molar-refractivity contribution >= 4 is 34.1 Å². The quantitative estimate of drug-likeness (QED) is 0.713. The first-order valence-electron chi connectivity index (χ1n) is 8.00. The van der Waals surface area contributed by atoms with Gasteiger partial charge in [-0.15, -0.1) is 0 Å². The Balaban J connectivity index is 1.80. The monoisotopic (exact) mass is 333 g/mol. The fourth-order valence-electron chi connectivity index (χ4n) is 2.40. The van der Waals surface area contributed by atoms with Gasteiger partial charge in [-0.1, -0.05) is 36.4 Å². The first kappa shape index (κ1) is 16.6. The number of nitrogens with one attached hydrogen (secondary N) is 2. The number of rotatable bonds is 4. The van der Waals surface area contributed by atoms with Crippen LogP contribution < -0.4 is 10.6 Å². The molecule has 0 atom stereocenters. The third kappa shape index (κ3) is 3.50. The number of aromatic nitrogens is 1. The minimum Gasteiger partial charge on any atom is -0.325 e. The third-order valence-corrected chi connectivity index (χ3v) is 4.05. The molecular formula is C20H19N3O2. The van der Waals surface area contributed by atoms with Gasteiger partial charge >= 0.3 is 0 Å². The van der Waals surface area contributed by atoms with Gasteiger partial charge in [0.1, 0.15) is 5.41 Å². The highest BCUT2D eigenvalue weighted by molar-refractivity contribution is 6.15. The SMILES string of the molecule is CC(C)(C(=O)Nc1ccccc1)C(=O)Nc1cccc2cccnc12. The Morgan fingerprint density at radius 1 is 0.840 bits per heavy atom. The molecule has 3 aromatic rings. The molecule has 5 nitrogen and oxygen atoms in total. The van der Waals surface area contributed by atoms with Crippen molar-refractivity contribution in [2.24, 2.45) is 5.41 Å². The summed E-state index contributed by atoms with van der Waals surface area (Å²) < 4.78 is 0. The van der Waals surface area contributed by atoms with Crippen molar-refractivity contribution in [2.45, 2.75) is 13.8 Å². The van der Waals surface area contributed by atoms with E-state index >= 15 is 0 Å². The van der Waals surface area contributed by atoms with E-state index in [4.69, 9.17) is 0 Å². The Hall–Kier alpha value is -3.21. The van der Waals surface area contributed by atoms with Gasteiger partial charge in [-0.3, -0.25) is 14.6 Å². The van der Waals surface area contributed by atoms with Crippen LogP contribution in [-0.4, -0.2) is 16.8 Å². The van der Waals surface area contributed by atoms with Crippen LogP contribution in [0.1, 0.15) is 13.8 Å². The molecule has 0 saturated heterocycles. The van der Waals surface area contributed by atoms with Gasteiger partial charge in [-0.05, 0) is 38.1 Å². The van der Waals surface area contributed by atoms with Crippen molar-refractivity contribution in [2.75, 3.05) is 10.6 Å². The van der Waals surface area contributed by atoms with Crippen LogP contribution in [0.15, 0.2) is 66.9 Å². The van der Waals surface area contributed by atoms with Crippen LogP contribution >= 0.6 is 0 Å². The van der Waals surface area contributed by atoms with Crippen LogP contribution in [-0.2, 0) is 9.59 Å². The van der Waals surface area contributed by atoms with Crippen LogP contribution in [0.3, 0.4) is 0 Å². The maximum Gasteiger partial charge on any atom is 0.239 e. The smallest absolute Gasteiger partial charge is 0.239 e. The molecule has 2 N–H and O–H groups in total. The molecule has 0 aliphatic rings. The summed E-state index contributed by atoms with van der Waals surface area (Å²) in [6, 6.07) is 18.4. The molecule has 25 heavy (non-hydrogen) atoms. The van der Waals surface area contributed by atoms with E-state index in [0.29, 0.717) is 16.9 Å². The Morgan fingerprint density at radius 2 is 1.52 bits per heavy atom. The van der Waals surface area contributed by atoms with Crippen molar-refractivity contribution < 1.29 is 9.59 Å². The van der Waals surface area contributed by atoms with E-state index in [2.05, 4.69) is 15.6 Å². The normalized spacial score (nSPS) is 11.1. The molecule has 0 spiro atoms. The lowest BCUT2D eigenvalue weighted by Gasteiger charge is -2.23. The Morgan fingerprint density at radius 3 is 2.28 bits per heavy atom. The molecule has 0 aliphatic heterocycles. The van der Waals surface area contributed by atoms with Crippen LogP contribution in [0.25, 0.3) is 10.9 Å². The molecule has 1 aromatic heterocycles. The lowest BCUT2D eigenvalue weighted by atomic mass is 9.90. The second kappa shape index (κ2) is 6.73. The predicted octanol–water partition coefficient (Wildman–Crippen LogP) is 3.84. The van der Waals surface area contributed by atoms with E-state index in [1.165, 1.54) is 0 Å². The molecule has 5 heteroatoms. The zero-order valence-electron chi connectivity index (χ0n) is 14.1. The van der Waals surface area contributed by atoms with E-state index in [1.54, 1.807) is 38.2 Å². The fourth-order valence-corrected chi connectivity index (χ4v) is 2.40. The lowest BCUT2D eigenvalue weighted by Crippen LogP contribution is -2.41. The molecule has 3 rings (SSSR count). The molecular weight excluding hydrogens is 314 g/mol. The molecule has 2 amide bonds. The van der Waals surface area contributed by atoms with Gasteiger partial charge in [0.25, 0.3) is 0 Å². The minimum absolute atomic E-state index is 0.371. The number of fused-ring (bicyclic) bond motifs is 1. The topological polar surface area (TPSA) is 71.1 Å². The number of amides is 2. The van der Waals surface area contributed by atoms with Gasteiger partial charge in [-0.2, -0.15) is 0 Å². The first-order valence-corrected chi connectivity index (χ1v) is 8.00. The predicted molar refractivity (Wildman–Crippen MR) is 99.2 cm³/mol. The molecule has 0 aliphatic carbocycles. The van der Waals surface area contributed by atoms with Gasteiger partial charge in [-0.25, -0.2) is 0 Å². The van der Waals surface area contributed by atoms with Gasteiger partial charge in [0, 0.05) is 17.3 Å². The zero-order chi connectivity index (χ0) is 17.9. The maximum absolute atomic E-state index is 12.7. The number of hydrogen-bond donors (Lipinski definition) is 2. The van der Waals surface area contributed by atoms with E-state index in [1.807, 2.05) is 42.5 Å². The van der Waals surface area contributed by atoms with Crippen LogP contribution in [0.5, 0.6) is 0 Å². The summed E-state index contributed by atoms with van der Waals surface area (Å²) in [4.78, 5) is 29.6.